The van der Waals surface area contributed by atoms with Gasteiger partial charge in [-0.15, -0.1) is 0 Å². The third-order valence-electron chi connectivity index (χ3n) is 3.26. The van der Waals surface area contributed by atoms with Crippen molar-refractivity contribution < 1.29 is 0 Å². The molecule has 1 aliphatic carbocycles. The van der Waals surface area contributed by atoms with Crippen LogP contribution >= 0.6 is 11.3 Å². The molecule has 0 spiro atoms. The summed E-state index contributed by atoms with van der Waals surface area (Å²) < 4.78 is 0. The van der Waals surface area contributed by atoms with Gasteiger partial charge in [-0.1, -0.05) is 25.5 Å². The van der Waals surface area contributed by atoms with Crippen LogP contribution in [-0.2, 0) is 6.42 Å². The van der Waals surface area contributed by atoms with Crippen molar-refractivity contribution in [2.75, 3.05) is 0 Å². The summed E-state index contributed by atoms with van der Waals surface area (Å²) in [7, 11) is 0. The van der Waals surface area contributed by atoms with Gasteiger partial charge in [0.1, 0.15) is 0 Å². The van der Waals surface area contributed by atoms with Crippen LogP contribution < -0.4 is 5.73 Å². The number of allylic oxidation sites excluding steroid dienone is 1. The zero-order valence-corrected chi connectivity index (χ0v) is 11.0. The fraction of sp³-hybridized carbons (Fsp3) is 0.571. The van der Waals surface area contributed by atoms with Gasteiger partial charge in [0.2, 0.25) is 0 Å². The molecule has 0 aliphatic heterocycles. The van der Waals surface area contributed by atoms with E-state index in [0.717, 1.165) is 12.8 Å². The Kier molecular flexibility index (Phi) is 3.50. The molecule has 2 heteroatoms. The van der Waals surface area contributed by atoms with Crippen LogP contribution in [0.2, 0.25) is 0 Å². The van der Waals surface area contributed by atoms with Gasteiger partial charge in [0.05, 0.1) is 0 Å². The van der Waals surface area contributed by atoms with E-state index in [1.165, 1.54) is 18.4 Å². The molecule has 1 aromatic heterocycles. The zero-order valence-electron chi connectivity index (χ0n) is 10.2. The maximum Gasteiger partial charge on any atom is 0.0231 e. The Morgan fingerprint density at radius 3 is 2.88 bits per heavy atom. The lowest BCUT2D eigenvalue weighted by molar-refractivity contribution is 0.298. The Hall–Kier alpha value is -0.600. The first-order valence-electron chi connectivity index (χ1n) is 6.01. The van der Waals surface area contributed by atoms with Gasteiger partial charge >= 0.3 is 0 Å². The average molecular weight is 235 g/mol. The first kappa shape index (κ1) is 11.9. The van der Waals surface area contributed by atoms with E-state index in [1.807, 2.05) is 0 Å². The van der Waals surface area contributed by atoms with E-state index in [1.54, 1.807) is 16.9 Å². The molecule has 0 fully saturated rings. The van der Waals surface area contributed by atoms with Gasteiger partial charge in [0, 0.05) is 6.04 Å². The lowest BCUT2D eigenvalue weighted by atomic mass is 9.74. The molecular formula is C14H21NS. The summed E-state index contributed by atoms with van der Waals surface area (Å²) >= 11 is 1.78. The number of hydrogen-bond acceptors (Lipinski definition) is 2. The first-order valence-corrected chi connectivity index (χ1v) is 6.96. The van der Waals surface area contributed by atoms with Gasteiger partial charge in [-0.25, -0.2) is 0 Å². The van der Waals surface area contributed by atoms with Crippen LogP contribution in [0.25, 0.3) is 0 Å². The number of hydrogen-bond donors (Lipinski definition) is 1. The highest BCUT2D eigenvalue weighted by atomic mass is 32.1. The van der Waals surface area contributed by atoms with E-state index in [9.17, 15) is 0 Å². The van der Waals surface area contributed by atoms with E-state index < -0.39 is 0 Å². The number of nitrogens with two attached hydrogens (primary N) is 1. The molecule has 0 saturated heterocycles. The SMILES string of the molecule is CC1(C)CC(CCc2ccsc2)=CC(N)C1. The molecule has 0 bridgehead atoms. The monoisotopic (exact) mass is 235 g/mol. The van der Waals surface area contributed by atoms with Crippen LogP contribution in [0.1, 0.15) is 38.7 Å². The maximum absolute atomic E-state index is 6.08. The van der Waals surface area contributed by atoms with Gasteiger partial charge in [-0.2, -0.15) is 11.3 Å². The Labute approximate surface area is 102 Å². The van der Waals surface area contributed by atoms with Crippen molar-refractivity contribution in [3.05, 3.63) is 34.0 Å². The zero-order chi connectivity index (χ0) is 11.6. The van der Waals surface area contributed by atoms with Crippen LogP contribution in [0, 0.1) is 5.41 Å². The second-order valence-electron chi connectivity index (χ2n) is 5.67. The molecule has 2 N–H and O–H groups in total. The molecule has 0 radical (unpaired) electrons. The first-order chi connectivity index (χ1) is 7.55. The lowest BCUT2D eigenvalue weighted by Crippen LogP contribution is -2.31. The van der Waals surface area contributed by atoms with E-state index >= 15 is 0 Å². The third-order valence-corrected chi connectivity index (χ3v) is 3.99. The highest BCUT2D eigenvalue weighted by molar-refractivity contribution is 7.07. The van der Waals surface area contributed by atoms with Crippen molar-refractivity contribution in [3.63, 3.8) is 0 Å². The number of rotatable bonds is 3. The van der Waals surface area contributed by atoms with Crippen molar-refractivity contribution in [1.29, 1.82) is 0 Å². The summed E-state index contributed by atoms with van der Waals surface area (Å²) in [5.74, 6) is 0. The fourth-order valence-corrected chi connectivity index (χ4v) is 3.36. The Morgan fingerprint density at radius 1 is 1.44 bits per heavy atom. The van der Waals surface area contributed by atoms with Crippen LogP contribution in [0.15, 0.2) is 28.5 Å². The lowest BCUT2D eigenvalue weighted by Gasteiger charge is -2.33. The van der Waals surface area contributed by atoms with E-state index in [4.69, 9.17) is 5.73 Å². The fourth-order valence-electron chi connectivity index (χ4n) is 2.66. The second-order valence-corrected chi connectivity index (χ2v) is 6.45. The van der Waals surface area contributed by atoms with Gasteiger partial charge in [0.15, 0.2) is 0 Å². The molecule has 1 atom stereocenters. The van der Waals surface area contributed by atoms with Crippen LogP contribution in [-0.4, -0.2) is 6.04 Å². The predicted octanol–water partition coefficient (Wildman–Crippen LogP) is 3.75. The molecule has 0 saturated carbocycles. The minimum Gasteiger partial charge on any atom is -0.324 e. The Morgan fingerprint density at radius 2 is 2.25 bits per heavy atom. The van der Waals surface area contributed by atoms with Gasteiger partial charge in [-0.05, 0) is 53.5 Å². The van der Waals surface area contributed by atoms with Crippen LogP contribution in [0.3, 0.4) is 0 Å². The average Bonchev–Trinajstić information content (AvgIpc) is 2.63. The minimum atomic E-state index is 0.265. The quantitative estimate of drug-likeness (QED) is 0.793. The summed E-state index contributed by atoms with van der Waals surface area (Å²) in [6.07, 6.45) is 6.96. The maximum atomic E-state index is 6.08. The highest BCUT2D eigenvalue weighted by Gasteiger charge is 2.26. The smallest absolute Gasteiger partial charge is 0.0231 e. The Bertz CT molecular complexity index is 362. The van der Waals surface area contributed by atoms with Gasteiger partial charge in [0.25, 0.3) is 0 Å². The molecule has 0 aromatic carbocycles. The highest BCUT2D eigenvalue weighted by Crippen LogP contribution is 2.36. The summed E-state index contributed by atoms with van der Waals surface area (Å²) in [6, 6.07) is 2.49. The molecule has 16 heavy (non-hydrogen) atoms. The van der Waals surface area contributed by atoms with E-state index in [2.05, 4.69) is 36.7 Å². The van der Waals surface area contributed by atoms with Crippen molar-refractivity contribution in [2.45, 2.75) is 45.6 Å². The van der Waals surface area contributed by atoms with Crippen molar-refractivity contribution in [2.24, 2.45) is 11.1 Å². The molecule has 1 aromatic rings. The van der Waals surface area contributed by atoms with Crippen molar-refractivity contribution in [1.82, 2.24) is 0 Å². The van der Waals surface area contributed by atoms with Crippen molar-refractivity contribution >= 4 is 11.3 Å². The summed E-state index contributed by atoms with van der Waals surface area (Å²) in [5.41, 5.74) is 9.47. The molecule has 1 unspecified atom stereocenters. The summed E-state index contributed by atoms with van der Waals surface area (Å²) in [6.45, 7) is 4.65. The second kappa shape index (κ2) is 4.72. The molecule has 1 heterocycles. The number of aryl methyl sites for hydroxylation is 1. The molecule has 1 nitrogen and oxygen atoms in total. The minimum absolute atomic E-state index is 0.265. The van der Waals surface area contributed by atoms with E-state index in [0.29, 0.717) is 5.41 Å². The Balaban J connectivity index is 1.94. The molecule has 88 valence electrons. The topological polar surface area (TPSA) is 26.0 Å². The van der Waals surface area contributed by atoms with Gasteiger partial charge in [-0.3, -0.25) is 0 Å². The molecular weight excluding hydrogens is 214 g/mol. The van der Waals surface area contributed by atoms with Gasteiger partial charge < -0.3 is 5.73 Å². The third kappa shape index (κ3) is 3.19. The van der Waals surface area contributed by atoms with Crippen molar-refractivity contribution in [3.8, 4) is 0 Å². The normalized spacial score (nSPS) is 24.2. The van der Waals surface area contributed by atoms with Crippen LogP contribution in [0.4, 0.5) is 0 Å². The van der Waals surface area contributed by atoms with Crippen LogP contribution in [0.5, 0.6) is 0 Å². The predicted molar refractivity (Wildman–Crippen MR) is 71.7 cm³/mol. The largest absolute Gasteiger partial charge is 0.324 e. The molecule has 1 aliphatic rings. The summed E-state index contributed by atoms with van der Waals surface area (Å²) in [5, 5.41) is 4.40. The number of thiophene rings is 1. The standard InChI is InChI=1S/C14H21NS/c1-14(2)8-12(7-13(15)9-14)4-3-11-5-6-16-10-11/h5-7,10,13H,3-4,8-9,15H2,1-2H3. The molecule has 0 amide bonds. The molecule has 2 rings (SSSR count). The van der Waals surface area contributed by atoms with E-state index in [-0.39, 0.29) is 6.04 Å². The summed E-state index contributed by atoms with van der Waals surface area (Å²) in [4.78, 5) is 0.